The van der Waals surface area contributed by atoms with Gasteiger partial charge in [-0.25, -0.2) is 5.43 Å². The first kappa shape index (κ1) is 15.2. The summed E-state index contributed by atoms with van der Waals surface area (Å²) in [6, 6.07) is 2.07. The van der Waals surface area contributed by atoms with Gasteiger partial charge in [0.05, 0.1) is 4.88 Å². The Labute approximate surface area is 125 Å². The summed E-state index contributed by atoms with van der Waals surface area (Å²) in [7, 11) is 0. The van der Waals surface area contributed by atoms with E-state index in [9.17, 15) is 4.79 Å². The molecule has 0 radical (unpaired) electrons. The Balaban J connectivity index is 2.05. The number of rotatable bonds is 5. The summed E-state index contributed by atoms with van der Waals surface area (Å²) < 4.78 is 0. The molecule has 1 amide bonds. The maximum absolute atomic E-state index is 12.1. The molecule has 0 aliphatic heterocycles. The molecule has 4 heteroatoms. The van der Waals surface area contributed by atoms with Crippen LogP contribution in [0.3, 0.4) is 0 Å². The Morgan fingerprint density at radius 3 is 2.80 bits per heavy atom. The Bertz CT molecular complexity index is 499. The number of fused-ring (bicyclic) bond motifs is 1. The van der Waals surface area contributed by atoms with E-state index in [1.807, 2.05) is 0 Å². The second kappa shape index (κ2) is 7.02. The first-order valence-corrected chi connectivity index (χ1v) is 8.46. The van der Waals surface area contributed by atoms with Crippen LogP contribution in [0.4, 0.5) is 0 Å². The van der Waals surface area contributed by atoms with Crippen LogP contribution in [0.25, 0.3) is 0 Å². The number of thiophene rings is 1. The van der Waals surface area contributed by atoms with Crippen molar-refractivity contribution in [3.8, 4) is 0 Å². The molecule has 110 valence electrons. The first-order chi connectivity index (χ1) is 9.67. The van der Waals surface area contributed by atoms with Crippen molar-refractivity contribution in [2.24, 2.45) is 11.0 Å². The van der Waals surface area contributed by atoms with Gasteiger partial charge in [0.1, 0.15) is 0 Å². The predicted molar refractivity (Wildman–Crippen MR) is 85.6 cm³/mol. The highest BCUT2D eigenvalue weighted by Crippen LogP contribution is 2.33. The first-order valence-electron chi connectivity index (χ1n) is 7.65. The van der Waals surface area contributed by atoms with Crippen molar-refractivity contribution in [2.45, 2.75) is 59.3 Å². The minimum atomic E-state index is -0.0585. The van der Waals surface area contributed by atoms with Crippen LogP contribution >= 0.6 is 11.3 Å². The lowest BCUT2D eigenvalue weighted by Crippen LogP contribution is -2.18. The topological polar surface area (TPSA) is 41.5 Å². The zero-order valence-electron chi connectivity index (χ0n) is 12.7. The summed E-state index contributed by atoms with van der Waals surface area (Å²) in [6.45, 7) is 6.37. The van der Waals surface area contributed by atoms with Crippen molar-refractivity contribution in [2.75, 3.05) is 0 Å². The molecule has 1 N–H and O–H groups in total. The second-order valence-corrected chi connectivity index (χ2v) is 6.54. The van der Waals surface area contributed by atoms with Gasteiger partial charge in [0, 0.05) is 10.6 Å². The van der Waals surface area contributed by atoms with Crippen molar-refractivity contribution in [1.82, 2.24) is 5.43 Å². The quantitative estimate of drug-likeness (QED) is 0.642. The van der Waals surface area contributed by atoms with Gasteiger partial charge in [0.15, 0.2) is 0 Å². The zero-order chi connectivity index (χ0) is 14.5. The molecule has 0 saturated carbocycles. The smallest absolute Gasteiger partial charge is 0.266 e. The third kappa shape index (κ3) is 3.48. The van der Waals surface area contributed by atoms with Gasteiger partial charge in [-0.05, 0) is 49.7 Å². The zero-order valence-corrected chi connectivity index (χ0v) is 13.5. The standard InChI is InChI=1S/C16H24N2OS/c1-4-11-7-8-14-12(9-11)10-15(20-14)16(19)18-17-13(5-2)6-3/h10-11H,4-9H2,1-3H3,(H,18,19)/t11-/m0/s1. The average Bonchev–Trinajstić information content (AvgIpc) is 2.90. The van der Waals surface area contributed by atoms with Gasteiger partial charge in [-0.3, -0.25) is 4.79 Å². The molecule has 1 aliphatic rings. The molecule has 0 unspecified atom stereocenters. The van der Waals surface area contributed by atoms with Crippen LogP contribution in [-0.2, 0) is 12.8 Å². The molecule has 1 heterocycles. The number of carbonyl (C=O) groups excluding carboxylic acids is 1. The summed E-state index contributed by atoms with van der Waals surface area (Å²) in [6.07, 6.45) is 6.53. The van der Waals surface area contributed by atoms with Crippen LogP contribution in [0.15, 0.2) is 11.2 Å². The number of hydrogen-bond donors (Lipinski definition) is 1. The van der Waals surface area contributed by atoms with E-state index in [4.69, 9.17) is 0 Å². The maximum Gasteiger partial charge on any atom is 0.281 e. The van der Waals surface area contributed by atoms with E-state index in [1.54, 1.807) is 11.3 Å². The monoisotopic (exact) mass is 292 g/mol. The molecular weight excluding hydrogens is 268 g/mol. The van der Waals surface area contributed by atoms with Crippen molar-refractivity contribution < 1.29 is 4.79 Å². The molecule has 3 nitrogen and oxygen atoms in total. The lowest BCUT2D eigenvalue weighted by molar-refractivity contribution is 0.0958. The van der Waals surface area contributed by atoms with E-state index < -0.39 is 0 Å². The Morgan fingerprint density at radius 2 is 2.15 bits per heavy atom. The van der Waals surface area contributed by atoms with Crippen molar-refractivity contribution in [3.05, 3.63) is 21.4 Å². The van der Waals surface area contributed by atoms with Gasteiger partial charge < -0.3 is 0 Å². The van der Waals surface area contributed by atoms with E-state index >= 15 is 0 Å². The Kier molecular flexibility index (Phi) is 5.35. The van der Waals surface area contributed by atoms with E-state index in [2.05, 4.69) is 37.4 Å². The summed E-state index contributed by atoms with van der Waals surface area (Å²) in [4.78, 5) is 14.3. The van der Waals surface area contributed by atoms with Crippen LogP contribution in [0.2, 0.25) is 0 Å². The van der Waals surface area contributed by atoms with E-state index in [0.29, 0.717) is 0 Å². The van der Waals surface area contributed by atoms with Crippen LogP contribution in [0.5, 0.6) is 0 Å². The number of nitrogens with one attached hydrogen (secondary N) is 1. The molecule has 1 aromatic heterocycles. The molecule has 0 spiro atoms. The highest BCUT2D eigenvalue weighted by Gasteiger charge is 2.21. The number of hydrogen-bond acceptors (Lipinski definition) is 3. The SMILES string of the molecule is CCC(CC)=NNC(=O)c1cc2c(s1)CC[C@H](CC)C2. The number of carbonyl (C=O) groups is 1. The normalized spacial score (nSPS) is 17.4. The van der Waals surface area contributed by atoms with Crippen molar-refractivity contribution in [1.29, 1.82) is 0 Å². The fourth-order valence-electron chi connectivity index (χ4n) is 2.65. The summed E-state index contributed by atoms with van der Waals surface area (Å²) in [5.41, 5.74) is 5.11. The number of nitrogens with zero attached hydrogens (tertiary/aromatic N) is 1. The number of amides is 1. The van der Waals surface area contributed by atoms with Gasteiger partial charge in [-0.2, -0.15) is 5.10 Å². The minimum absolute atomic E-state index is 0.0585. The predicted octanol–water partition coefficient (Wildman–Crippen LogP) is 4.17. The second-order valence-electron chi connectivity index (χ2n) is 5.40. The van der Waals surface area contributed by atoms with Crippen molar-refractivity contribution >= 4 is 23.0 Å². The largest absolute Gasteiger partial charge is 0.281 e. The van der Waals surface area contributed by atoms with Crippen LogP contribution in [0.1, 0.15) is 66.6 Å². The lowest BCUT2D eigenvalue weighted by atomic mass is 9.87. The van der Waals surface area contributed by atoms with Crippen LogP contribution in [-0.4, -0.2) is 11.6 Å². The van der Waals surface area contributed by atoms with E-state index in [-0.39, 0.29) is 5.91 Å². The summed E-state index contributed by atoms with van der Waals surface area (Å²) in [5.74, 6) is 0.731. The molecule has 0 bridgehead atoms. The highest BCUT2D eigenvalue weighted by atomic mass is 32.1. The molecule has 1 aromatic rings. The average molecular weight is 292 g/mol. The van der Waals surface area contributed by atoms with E-state index in [0.717, 1.165) is 42.2 Å². The van der Waals surface area contributed by atoms with Gasteiger partial charge in [0.25, 0.3) is 5.91 Å². The molecule has 20 heavy (non-hydrogen) atoms. The van der Waals surface area contributed by atoms with Crippen molar-refractivity contribution in [3.63, 3.8) is 0 Å². The summed E-state index contributed by atoms with van der Waals surface area (Å²) in [5, 5.41) is 4.20. The third-order valence-corrected chi connectivity index (χ3v) is 5.35. The molecule has 0 fully saturated rings. The fraction of sp³-hybridized carbons (Fsp3) is 0.625. The molecular formula is C16H24N2OS. The molecule has 0 saturated heterocycles. The maximum atomic E-state index is 12.1. The molecule has 2 rings (SSSR count). The van der Waals surface area contributed by atoms with E-state index in [1.165, 1.54) is 23.3 Å². The van der Waals surface area contributed by atoms with Gasteiger partial charge >= 0.3 is 0 Å². The van der Waals surface area contributed by atoms with Gasteiger partial charge in [-0.1, -0.05) is 27.2 Å². The molecule has 1 atom stereocenters. The Hall–Kier alpha value is -1.16. The molecule has 1 aliphatic carbocycles. The van der Waals surface area contributed by atoms with Crippen LogP contribution in [0, 0.1) is 5.92 Å². The highest BCUT2D eigenvalue weighted by molar-refractivity contribution is 7.14. The fourth-order valence-corrected chi connectivity index (χ4v) is 3.75. The molecule has 0 aromatic carbocycles. The number of hydrazone groups is 1. The van der Waals surface area contributed by atoms with Crippen LogP contribution < -0.4 is 5.43 Å². The lowest BCUT2D eigenvalue weighted by Gasteiger charge is -2.19. The number of aryl methyl sites for hydroxylation is 1. The Morgan fingerprint density at radius 1 is 1.40 bits per heavy atom. The summed E-state index contributed by atoms with van der Waals surface area (Å²) >= 11 is 1.64. The van der Waals surface area contributed by atoms with Gasteiger partial charge in [0.2, 0.25) is 0 Å². The third-order valence-electron chi connectivity index (χ3n) is 4.12. The minimum Gasteiger partial charge on any atom is -0.266 e. The van der Waals surface area contributed by atoms with Gasteiger partial charge in [-0.15, -0.1) is 11.3 Å².